The zero-order valence-electron chi connectivity index (χ0n) is 16.2. The minimum absolute atomic E-state index is 0.243. The van der Waals surface area contributed by atoms with Gasteiger partial charge >= 0.3 is 11.9 Å². The first kappa shape index (κ1) is 19.3. The van der Waals surface area contributed by atoms with Crippen molar-refractivity contribution in [2.75, 3.05) is 35.5 Å². The molecule has 148 valence electrons. The van der Waals surface area contributed by atoms with Crippen molar-refractivity contribution in [1.82, 2.24) is 0 Å². The first-order chi connectivity index (χ1) is 13.5. The minimum Gasteiger partial charge on any atom is -0.497 e. The molecule has 0 fully saturated rings. The molecule has 8 nitrogen and oxygen atoms in total. The smallest absolute Gasteiger partial charge is 0.343 e. The van der Waals surface area contributed by atoms with Gasteiger partial charge in [-0.25, -0.2) is 9.59 Å². The number of rotatable bonds is 6. The topological polar surface area (TPSA) is 89.5 Å². The molecule has 0 aliphatic carbocycles. The molecule has 0 bridgehead atoms. The fourth-order valence-corrected chi connectivity index (χ4v) is 3.19. The van der Waals surface area contributed by atoms with Crippen LogP contribution in [0, 0.1) is 0 Å². The summed E-state index contributed by atoms with van der Waals surface area (Å²) >= 11 is 0. The Kier molecular flexibility index (Phi) is 5.30. The number of cyclic esters (lactones) is 1. The quantitative estimate of drug-likeness (QED) is 0.698. The van der Waals surface area contributed by atoms with E-state index in [0.717, 1.165) is 0 Å². The SMILES string of the molecule is COC(=O)c1cc(OC)c(C2OC(=O)c3c(OC)cc(OC)cc32)c(OC)c1. The molecule has 0 radical (unpaired) electrons. The molecule has 2 aromatic carbocycles. The van der Waals surface area contributed by atoms with Crippen LogP contribution in [0.5, 0.6) is 23.0 Å². The van der Waals surface area contributed by atoms with Gasteiger partial charge in [0, 0.05) is 11.6 Å². The molecule has 0 amide bonds. The number of fused-ring (bicyclic) bond motifs is 1. The Morgan fingerprint density at radius 1 is 0.857 bits per heavy atom. The van der Waals surface area contributed by atoms with E-state index in [1.54, 1.807) is 12.1 Å². The second-order valence-corrected chi connectivity index (χ2v) is 5.87. The van der Waals surface area contributed by atoms with Crippen LogP contribution in [0.4, 0.5) is 0 Å². The molecule has 0 saturated heterocycles. The van der Waals surface area contributed by atoms with E-state index in [1.807, 2.05) is 0 Å². The molecule has 28 heavy (non-hydrogen) atoms. The summed E-state index contributed by atoms with van der Waals surface area (Å²) in [6.07, 6.45) is -0.830. The summed E-state index contributed by atoms with van der Waals surface area (Å²) in [5.74, 6) is 0.379. The molecule has 0 spiro atoms. The van der Waals surface area contributed by atoms with Crippen LogP contribution < -0.4 is 18.9 Å². The first-order valence-electron chi connectivity index (χ1n) is 8.30. The Morgan fingerprint density at radius 3 is 1.96 bits per heavy atom. The van der Waals surface area contributed by atoms with Crippen molar-refractivity contribution < 1.29 is 38.0 Å². The van der Waals surface area contributed by atoms with Crippen LogP contribution in [0.3, 0.4) is 0 Å². The Bertz CT molecular complexity index is 909. The molecule has 8 heteroatoms. The predicted octanol–water partition coefficient (Wildman–Crippen LogP) is 2.77. The van der Waals surface area contributed by atoms with Gasteiger partial charge in [0.25, 0.3) is 0 Å². The van der Waals surface area contributed by atoms with Crippen molar-refractivity contribution in [3.05, 3.63) is 46.5 Å². The van der Waals surface area contributed by atoms with E-state index in [1.165, 1.54) is 47.7 Å². The summed E-state index contributed by atoms with van der Waals surface area (Å²) in [4.78, 5) is 24.5. The number of carbonyl (C=O) groups is 2. The Morgan fingerprint density at radius 2 is 1.46 bits per heavy atom. The average molecular weight is 388 g/mol. The van der Waals surface area contributed by atoms with Gasteiger partial charge in [-0.1, -0.05) is 0 Å². The van der Waals surface area contributed by atoms with Crippen LogP contribution in [0.1, 0.15) is 37.9 Å². The molecule has 0 saturated carbocycles. The maximum absolute atomic E-state index is 12.6. The van der Waals surface area contributed by atoms with E-state index in [9.17, 15) is 9.59 Å². The normalized spacial score (nSPS) is 14.8. The fourth-order valence-electron chi connectivity index (χ4n) is 3.19. The van der Waals surface area contributed by atoms with Gasteiger partial charge in [0.05, 0.1) is 46.7 Å². The van der Waals surface area contributed by atoms with Gasteiger partial charge in [-0.15, -0.1) is 0 Å². The highest BCUT2D eigenvalue weighted by molar-refractivity contribution is 5.98. The number of benzene rings is 2. The number of ether oxygens (including phenoxy) is 6. The largest absolute Gasteiger partial charge is 0.497 e. The lowest BCUT2D eigenvalue weighted by Crippen LogP contribution is -2.09. The minimum atomic E-state index is -0.830. The highest BCUT2D eigenvalue weighted by atomic mass is 16.6. The summed E-state index contributed by atoms with van der Waals surface area (Å²) in [6.45, 7) is 0. The molecule has 0 aromatic heterocycles. The van der Waals surface area contributed by atoms with E-state index in [-0.39, 0.29) is 5.56 Å². The third kappa shape index (κ3) is 3.06. The summed E-state index contributed by atoms with van der Waals surface area (Å²) in [5, 5.41) is 0. The molecule has 3 rings (SSSR count). The van der Waals surface area contributed by atoms with E-state index < -0.39 is 18.0 Å². The lowest BCUT2D eigenvalue weighted by atomic mass is 9.95. The second kappa shape index (κ2) is 7.67. The van der Waals surface area contributed by atoms with Gasteiger partial charge in [-0.05, 0) is 18.2 Å². The van der Waals surface area contributed by atoms with Crippen molar-refractivity contribution >= 4 is 11.9 Å². The molecular formula is C20H20O8. The average Bonchev–Trinajstić information content (AvgIpc) is 3.07. The summed E-state index contributed by atoms with van der Waals surface area (Å²) in [7, 11) is 7.15. The van der Waals surface area contributed by atoms with Gasteiger partial charge in [-0.2, -0.15) is 0 Å². The number of esters is 2. The molecular weight excluding hydrogens is 368 g/mol. The molecule has 1 heterocycles. The van der Waals surface area contributed by atoms with Gasteiger partial charge in [0.15, 0.2) is 6.10 Å². The Hall–Kier alpha value is -3.42. The first-order valence-corrected chi connectivity index (χ1v) is 8.30. The van der Waals surface area contributed by atoms with Gasteiger partial charge in [-0.3, -0.25) is 0 Å². The monoisotopic (exact) mass is 388 g/mol. The summed E-state index contributed by atoms with van der Waals surface area (Å²) in [6, 6.07) is 6.32. The molecule has 1 aliphatic rings. The van der Waals surface area contributed by atoms with E-state index in [2.05, 4.69) is 0 Å². The lowest BCUT2D eigenvalue weighted by Gasteiger charge is -2.19. The van der Waals surface area contributed by atoms with Crippen LogP contribution >= 0.6 is 0 Å². The van der Waals surface area contributed by atoms with Crippen LogP contribution in [-0.2, 0) is 9.47 Å². The zero-order chi connectivity index (χ0) is 20.4. The Labute approximate surface area is 161 Å². The van der Waals surface area contributed by atoms with Crippen molar-refractivity contribution in [2.24, 2.45) is 0 Å². The van der Waals surface area contributed by atoms with Gasteiger partial charge in [0.2, 0.25) is 0 Å². The maximum atomic E-state index is 12.6. The predicted molar refractivity (Wildman–Crippen MR) is 97.7 cm³/mol. The van der Waals surface area contributed by atoms with Crippen LogP contribution in [0.15, 0.2) is 24.3 Å². The van der Waals surface area contributed by atoms with Gasteiger partial charge < -0.3 is 28.4 Å². The highest BCUT2D eigenvalue weighted by Gasteiger charge is 2.39. The molecule has 1 aliphatic heterocycles. The van der Waals surface area contributed by atoms with Crippen molar-refractivity contribution in [3.63, 3.8) is 0 Å². The fraction of sp³-hybridized carbons (Fsp3) is 0.300. The van der Waals surface area contributed by atoms with Crippen molar-refractivity contribution in [3.8, 4) is 23.0 Å². The van der Waals surface area contributed by atoms with Crippen LogP contribution in [-0.4, -0.2) is 47.5 Å². The summed E-state index contributed by atoms with van der Waals surface area (Å²) < 4.78 is 31.9. The van der Waals surface area contributed by atoms with Crippen LogP contribution in [0.25, 0.3) is 0 Å². The van der Waals surface area contributed by atoms with E-state index in [0.29, 0.717) is 39.7 Å². The molecule has 1 unspecified atom stereocenters. The van der Waals surface area contributed by atoms with Gasteiger partial charge in [0.1, 0.15) is 28.6 Å². The highest BCUT2D eigenvalue weighted by Crippen LogP contribution is 2.48. The number of hydrogen-bond acceptors (Lipinski definition) is 8. The second-order valence-electron chi connectivity index (χ2n) is 5.87. The number of hydrogen-bond donors (Lipinski definition) is 0. The molecule has 2 aromatic rings. The Balaban J connectivity index is 2.24. The zero-order valence-corrected chi connectivity index (χ0v) is 16.2. The third-order valence-electron chi connectivity index (χ3n) is 4.50. The van der Waals surface area contributed by atoms with Crippen molar-refractivity contribution in [2.45, 2.75) is 6.10 Å². The molecule has 1 atom stereocenters. The van der Waals surface area contributed by atoms with Crippen LogP contribution in [0.2, 0.25) is 0 Å². The summed E-state index contributed by atoms with van der Waals surface area (Å²) in [5.41, 5.74) is 1.55. The number of carbonyl (C=O) groups excluding carboxylic acids is 2. The molecule has 0 N–H and O–H groups in total. The van der Waals surface area contributed by atoms with E-state index in [4.69, 9.17) is 28.4 Å². The van der Waals surface area contributed by atoms with E-state index >= 15 is 0 Å². The standard InChI is InChI=1S/C20H20O8/c1-23-11-8-12-16(15(9-11)26-4)20(22)28-18(12)17-13(24-2)6-10(19(21)27-5)7-14(17)25-3/h6-9,18H,1-5H3. The lowest BCUT2D eigenvalue weighted by molar-refractivity contribution is 0.0445. The van der Waals surface area contributed by atoms with Crippen molar-refractivity contribution in [1.29, 1.82) is 0 Å². The maximum Gasteiger partial charge on any atom is 0.343 e. The third-order valence-corrected chi connectivity index (χ3v) is 4.50. The number of methoxy groups -OCH3 is 5.